The first kappa shape index (κ1) is 13.9. The molecule has 0 spiro atoms. The average Bonchev–Trinajstić information content (AvgIpc) is 2.13. The molecule has 1 heterocycles. The third-order valence-corrected chi connectivity index (χ3v) is 1.69. The van der Waals surface area contributed by atoms with Crippen LogP contribution < -0.4 is 5.32 Å². The molecule has 18 heavy (non-hydrogen) atoms. The van der Waals surface area contributed by atoms with Crippen molar-refractivity contribution in [1.82, 2.24) is 4.98 Å². The molecule has 0 unspecified atom stereocenters. The van der Waals surface area contributed by atoms with Gasteiger partial charge in [0.1, 0.15) is 5.60 Å². The van der Waals surface area contributed by atoms with Gasteiger partial charge in [-0.1, -0.05) is 0 Å². The van der Waals surface area contributed by atoms with Gasteiger partial charge in [0.15, 0.2) is 11.5 Å². The summed E-state index contributed by atoms with van der Waals surface area (Å²) < 4.78 is 18.2. The SMILES string of the molecule is CC(C)(C)OC(=O)Nc1cnc(C(=O)O)c(F)c1. The Kier molecular flexibility index (Phi) is 3.85. The van der Waals surface area contributed by atoms with Gasteiger partial charge in [0.25, 0.3) is 0 Å². The number of amides is 1. The molecule has 0 aromatic carbocycles. The summed E-state index contributed by atoms with van der Waals surface area (Å²) in [5.74, 6) is -2.51. The fraction of sp³-hybridized carbons (Fsp3) is 0.364. The molecule has 1 aromatic rings. The quantitative estimate of drug-likeness (QED) is 0.847. The molecule has 0 aliphatic rings. The summed E-state index contributed by atoms with van der Waals surface area (Å²) in [5.41, 5.74) is -1.37. The number of hydrogen-bond donors (Lipinski definition) is 2. The van der Waals surface area contributed by atoms with E-state index in [9.17, 15) is 14.0 Å². The summed E-state index contributed by atoms with van der Waals surface area (Å²) in [7, 11) is 0. The molecule has 1 amide bonds. The van der Waals surface area contributed by atoms with Crippen LogP contribution in [-0.2, 0) is 4.74 Å². The van der Waals surface area contributed by atoms with E-state index in [0.29, 0.717) is 0 Å². The van der Waals surface area contributed by atoms with Crippen molar-refractivity contribution in [2.75, 3.05) is 5.32 Å². The molecule has 2 N–H and O–H groups in total. The highest BCUT2D eigenvalue weighted by atomic mass is 19.1. The van der Waals surface area contributed by atoms with Gasteiger partial charge >= 0.3 is 12.1 Å². The number of halogens is 1. The Hall–Kier alpha value is -2.18. The lowest BCUT2D eigenvalue weighted by atomic mass is 10.2. The van der Waals surface area contributed by atoms with E-state index in [-0.39, 0.29) is 5.69 Å². The topological polar surface area (TPSA) is 88.5 Å². The number of ether oxygens (including phenoxy) is 1. The zero-order valence-corrected chi connectivity index (χ0v) is 10.2. The van der Waals surface area contributed by atoms with Crippen LogP contribution in [0.5, 0.6) is 0 Å². The van der Waals surface area contributed by atoms with Crippen LogP contribution >= 0.6 is 0 Å². The van der Waals surface area contributed by atoms with Crippen molar-refractivity contribution in [2.24, 2.45) is 0 Å². The van der Waals surface area contributed by atoms with E-state index in [0.717, 1.165) is 12.3 Å². The second-order valence-corrected chi connectivity index (χ2v) is 4.49. The molecule has 98 valence electrons. The second kappa shape index (κ2) is 4.99. The Morgan fingerprint density at radius 3 is 2.50 bits per heavy atom. The largest absolute Gasteiger partial charge is 0.476 e. The first-order valence-corrected chi connectivity index (χ1v) is 5.08. The number of nitrogens with one attached hydrogen (secondary N) is 1. The summed E-state index contributed by atoms with van der Waals surface area (Å²) in [4.78, 5) is 25.3. The molecule has 0 aliphatic carbocycles. The van der Waals surface area contributed by atoms with E-state index in [1.165, 1.54) is 0 Å². The van der Waals surface area contributed by atoms with Gasteiger partial charge in [0.2, 0.25) is 0 Å². The third kappa shape index (κ3) is 4.00. The first-order valence-electron chi connectivity index (χ1n) is 5.08. The molecular weight excluding hydrogens is 243 g/mol. The highest BCUT2D eigenvalue weighted by Crippen LogP contribution is 2.14. The Morgan fingerprint density at radius 2 is 2.06 bits per heavy atom. The number of hydrogen-bond acceptors (Lipinski definition) is 4. The number of pyridine rings is 1. The summed E-state index contributed by atoms with van der Waals surface area (Å²) in [5, 5.41) is 10.8. The molecule has 0 saturated carbocycles. The van der Waals surface area contributed by atoms with Gasteiger partial charge in [-0.2, -0.15) is 0 Å². The molecule has 0 radical (unpaired) electrons. The minimum atomic E-state index is -1.48. The Labute approximate surface area is 103 Å². The standard InChI is InChI=1S/C11H13FN2O4/c1-11(2,3)18-10(17)14-6-4-7(12)8(9(15)16)13-5-6/h4-5H,1-3H3,(H,14,17)(H,15,16). The van der Waals surface area contributed by atoms with Crippen LogP contribution in [0, 0.1) is 5.82 Å². The Bertz CT molecular complexity index is 482. The molecule has 6 nitrogen and oxygen atoms in total. The lowest BCUT2D eigenvalue weighted by Crippen LogP contribution is -2.27. The summed E-state index contributed by atoms with van der Waals surface area (Å²) in [6.45, 7) is 5.04. The molecule has 1 rings (SSSR count). The van der Waals surface area contributed by atoms with Gasteiger partial charge in [0, 0.05) is 6.07 Å². The number of rotatable bonds is 2. The van der Waals surface area contributed by atoms with Crippen LogP contribution in [0.2, 0.25) is 0 Å². The van der Waals surface area contributed by atoms with Crippen LogP contribution in [0.25, 0.3) is 0 Å². The predicted molar refractivity (Wildman–Crippen MR) is 61.0 cm³/mol. The predicted octanol–water partition coefficient (Wildman–Crippen LogP) is 2.27. The van der Waals surface area contributed by atoms with Gasteiger partial charge in [-0.15, -0.1) is 0 Å². The lowest BCUT2D eigenvalue weighted by Gasteiger charge is -2.19. The van der Waals surface area contributed by atoms with E-state index in [4.69, 9.17) is 9.84 Å². The smallest absolute Gasteiger partial charge is 0.412 e. The summed E-state index contributed by atoms with van der Waals surface area (Å²) >= 11 is 0. The van der Waals surface area contributed by atoms with Crippen LogP contribution in [0.3, 0.4) is 0 Å². The zero-order chi connectivity index (χ0) is 13.9. The van der Waals surface area contributed by atoms with E-state index < -0.39 is 29.2 Å². The number of carboxylic acids is 1. The molecule has 0 atom stereocenters. The summed E-state index contributed by atoms with van der Waals surface area (Å²) in [6.07, 6.45) is 0.267. The van der Waals surface area contributed by atoms with Crippen molar-refractivity contribution < 1.29 is 23.8 Å². The van der Waals surface area contributed by atoms with Gasteiger partial charge < -0.3 is 9.84 Å². The number of aromatic carboxylic acids is 1. The van der Waals surface area contributed by atoms with Gasteiger partial charge in [-0.3, -0.25) is 5.32 Å². The van der Waals surface area contributed by atoms with Gasteiger partial charge in [0.05, 0.1) is 11.9 Å². The van der Waals surface area contributed by atoms with Gasteiger partial charge in [-0.05, 0) is 20.8 Å². The zero-order valence-electron chi connectivity index (χ0n) is 10.2. The van der Waals surface area contributed by atoms with Crippen LogP contribution in [0.1, 0.15) is 31.3 Å². The lowest BCUT2D eigenvalue weighted by molar-refractivity contribution is 0.0634. The molecule has 1 aromatic heterocycles. The maximum absolute atomic E-state index is 13.3. The third-order valence-electron chi connectivity index (χ3n) is 1.69. The molecule has 0 fully saturated rings. The van der Waals surface area contributed by atoms with Crippen molar-refractivity contribution >= 4 is 17.7 Å². The monoisotopic (exact) mass is 256 g/mol. The van der Waals surface area contributed by atoms with E-state index >= 15 is 0 Å². The van der Waals surface area contributed by atoms with Crippen LogP contribution in [0.4, 0.5) is 14.9 Å². The van der Waals surface area contributed by atoms with E-state index in [1.807, 2.05) is 0 Å². The minimum absolute atomic E-state index is 0.0201. The molecule has 0 aliphatic heterocycles. The number of carboxylic acid groups (broad SMARTS) is 1. The normalized spacial score (nSPS) is 10.9. The maximum atomic E-state index is 13.3. The highest BCUT2D eigenvalue weighted by molar-refractivity contribution is 5.88. The minimum Gasteiger partial charge on any atom is -0.476 e. The molecule has 0 saturated heterocycles. The van der Waals surface area contributed by atoms with E-state index in [2.05, 4.69) is 10.3 Å². The van der Waals surface area contributed by atoms with Crippen molar-refractivity contribution in [3.05, 3.63) is 23.8 Å². The van der Waals surface area contributed by atoms with Crippen molar-refractivity contribution in [1.29, 1.82) is 0 Å². The van der Waals surface area contributed by atoms with Crippen molar-refractivity contribution in [2.45, 2.75) is 26.4 Å². The molecule has 0 bridgehead atoms. The number of carbonyl (C=O) groups excluding carboxylic acids is 1. The molecular formula is C11H13FN2O4. The average molecular weight is 256 g/mol. The number of aromatic nitrogens is 1. The van der Waals surface area contributed by atoms with Crippen molar-refractivity contribution in [3.8, 4) is 0 Å². The Balaban J connectivity index is 2.78. The molecule has 7 heteroatoms. The first-order chi connectivity index (χ1) is 8.19. The number of carbonyl (C=O) groups is 2. The maximum Gasteiger partial charge on any atom is 0.412 e. The van der Waals surface area contributed by atoms with Crippen LogP contribution in [0.15, 0.2) is 12.3 Å². The van der Waals surface area contributed by atoms with Crippen LogP contribution in [-0.4, -0.2) is 27.8 Å². The highest BCUT2D eigenvalue weighted by Gasteiger charge is 2.18. The number of nitrogens with zero attached hydrogens (tertiary/aromatic N) is 1. The fourth-order valence-corrected chi connectivity index (χ4v) is 1.09. The Morgan fingerprint density at radius 1 is 1.44 bits per heavy atom. The summed E-state index contributed by atoms with van der Waals surface area (Å²) in [6, 6.07) is 0.861. The van der Waals surface area contributed by atoms with Gasteiger partial charge in [-0.25, -0.2) is 19.0 Å². The van der Waals surface area contributed by atoms with E-state index in [1.54, 1.807) is 20.8 Å². The second-order valence-electron chi connectivity index (χ2n) is 4.49. The fourth-order valence-electron chi connectivity index (χ4n) is 1.09. The van der Waals surface area contributed by atoms with Crippen molar-refractivity contribution in [3.63, 3.8) is 0 Å². The number of anilines is 1.